The first-order valence-electron chi connectivity index (χ1n) is 5.25. The van der Waals surface area contributed by atoms with E-state index in [0.29, 0.717) is 12.7 Å². The van der Waals surface area contributed by atoms with E-state index in [4.69, 9.17) is 9.47 Å². The molecule has 0 radical (unpaired) electrons. The quantitative estimate of drug-likeness (QED) is 0.578. The third kappa shape index (κ3) is 2.45. The SMILES string of the molecule is CON=CC(C)Cc1ccc2c(c1)OCO2. The summed E-state index contributed by atoms with van der Waals surface area (Å²) in [6.07, 6.45) is 2.70. The average Bonchev–Trinajstić information content (AvgIpc) is 2.73. The summed E-state index contributed by atoms with van der Waals surface area (Å²) in [4.78, 5) is 4.65. The lowest BCUT2D eigenvalue weighted by atomic mass is 10.0. The molecule has 1 heterocycles. The average molecular weight is 221 g/mol. The van der Waals surface area contributed by atoms with Gasteiger partial charge in [0, 0.05) is 6.21 Å². The number of benzene rings is 1. The van der Waals surface area contributed by atoms with Crippen LogP contribution in [-0.2, 0) is 11.3 Å². The van der Waals surface area contributed by atoms with E-state index in [1.165, 1.54) is 5.56 Å². The fourth-order valence-corrected chi connectivity index (χ4v) is 1.66. The van der Waals surface area contributed by atoms with Crippen molar-refractivity contribution in [2.45, 2.75) is 13.3 Å². The van der Waals surface area contributed by atoms with Crippen molar-refractivity contribution in [2.24, 2.45) is 11.1 Å². The van der Waals surface area contributed by atoms with Gasteiger partial charge in [-0.1, -0.05) is 18.1 Å². The first-order valence-corrected chi connectivity index (χ1v) is 5.25. The summed E-state index contributed by atoms with van der Waals surface area (Å²) < 4.78 is 10.6. The van der Waals surface area contributed by atoms with Gasteiger partial charge in [-0.3, -0.25) is 0 Å². The van der Waals surface area contributed by atoms with Crippen molar-refractivity contribution in [3.05, 3.63) is 23.8 Å². The number of oxime groups is 1. The van der Waals surface area contributed by atoms with Gasteiger partial charge in [0.25, 0.3) is 0 Å². The van der Waals surface area contributed by atoms with Gasteiger partial charge in [0.05, 0.1) is 0 Å². The van der Waals surface area contributed by atoms with E-state index in [1.54, 1.807) is 13.3 Å². The lowest BCUT2D eigenvalue weighted by Gasteiger charge is -2.06. The predicted molar refractivity (Wildman–Crippen MR) is 60.9 cm³/mol. The molecule has 0 bridgehead atoms. The van der Waals surface area contributed by atoms with Crippen LogP contribution >= 0.6 is 0 Å². The highest BCUT2D eigenvalue weighted by Gasteiger charge is 2.13. The molecule has 0 aromatic heterocycles. The normalized spacial score (nSPS) is 15.4. The van der Waals surface area contributed by atoms with Gasteiger partial charge in [-0.15, -0.1) is 0 Å². The Hall–Kier alpha value is -1.71. The highest BCUT2D eigenvalue weighted by molar-refractivity contribution is 5.60. The van der Waals surface area contributed by atoms with Gasteiger partial charge < -0.3 is 14.3 Å². The van der Waals surface area contributed by atoms with Crippen LogP contribution < -0.4 is 9.47 Å². The molecule has 86 valence electrons. The number of ether oxygens (including phenoxy) is 2. The molecule has 4 heteroatoms. The highest BCUT2D eigenvalue weighted by Crippen LogP contribution is 2.32. The third-order valence-corrected chi connectivity index (χ3v) is 2.42. The van der Waals surface area contributed by atoms with Crippen LogP contribution in [0, 0.1) is 5.92 Å². The molecule has 1 atom stereocenters. The molecule has 0 saturated carbocycles. The number of fused-ring (bicyclic) bond motifs is 1. The molecule has 1 aliphatic heterocycles. The minimum absolute atomic E-state index is 0.319. The van der Waals surface area contributed by atoms with Gasteiger partial charge in [0.1, 0.15) is 7.11 Å². The van der Waals surface area contributed by atoms with Crippen molar-refractivity contribution < 1.29 is 14.3 Å². The molecule has 1 aliphatic rings. The summed E-state index contributed by atoms with van der Waals surface area (Å²) in [7, 11) is 1.55. The van der Waals surface area contributed by atoms with Crippen LogP contribution in [0.25, 0.3) is 0 Å². The van der Waals surface area contributed by atoms with E-state index in [-0.39, 0.29) is 0 Å². The van der Waals surface area contributed by atoms with E-state index in [9.17, 15) is 0 Å². The van der Waals surface area contributed by atoms with Gasteiger partial charge in [-0.05, 0) is 30.0 Å². The fourth-order valence-electron chi connectivity index (χ4n) is 1.66. The molecular formula is C12H15NO3. The van der Waals surface area contributed by atoms with E-state index in [0.717, 1.165) is 17.9 Å². The van der Waals surface area contributed by atoms with Gasteiger partial charge in [-0.25, -0.2) is 0 Å². The van der Waals surface area contributed by atoms with Crippen molar-refractivity contribution in [1.29, 1.82) is 0 Å². The monoisotopic (exact) mass is 221 g/mol. The zero-order chi connectivity index (χ0) is 11.4. The summed E-state index contributed by atoms with van der Waals surface area (Å²) in [6, 6.07) is 6.00. The van der Waals surface area contributed by atoms with E-state index >= 15 is 0 Å². The molecule has 0 amide bonds. The van der Waals surface area contributed by atoms with Crippen molar-refractivity contribution in [3.8, 4) is 11.5 Å². The minimum atomic E-state index is 0.319. The fraction of sp³-hybridized carbons (Fsp3) is 0.417. The Morgan fingerprint density at radius 2 is 2.25 bits per heavy atom. The first-order chi connectivity index (χ1) is 7.79. The van der Waals surface area contributed by atoms with Gasteiger partial charge in [0.2, 0.25) is 6.79 Å². The highest BCUT2D eigenvalue weighted by atomic mass is 16.7. The lowest BCUT2D eigenvalue weighted by Crippen LogP contribution is -2.01. The second-order valence-corrected chi connectivity index (χ2v) is 3.81. The van der Waals surface area contributed by atoms with E-state index in [2.05, 4.69) is 16.9 Å². The van der Waals surface area contributed by atoms with Crippen LogP contribution in [0.15, 0.2) is 23.4 Å². The van der Waals surface area contributed by atoms with Crippen LogP contribution in [0.4, 0.5) is 0 Å². The van der Waals surface area contributed by atoms with Crippen LogP contribution in [-0.4, -0.2) is 20.1 Å². The summed E-state index contributed by atoms with van der Waals surface area (Å²) in [5.74, 6) is 1.98. The topological polar surface area (TPSA) is 40.0 Å². The zero-order valence-corrected chi connectivity index (χ0v) is 9.47. The Morgan fingerprint density at radius 1 is 1.44 bits per heavy atom. The Bertz CT molecular complexity index is 390. The Balaban J connectivity index is 2.02. The van der Waals surface area contributed by atoms with Gasteiger partial charge in [0.15, 0.2) is 11.5 Å². The summed E-state index contributed by atoms with van der Waals surface area (Å²) >= 11 is 0. The molecule has 1 aromatic rings. The second kappa shape index (κ2) is 4.88. The molecular weight excluding hydrogens is 206 g/mol. The van der Waals surface area contributed by atoms with E-state index in [1.807, 2.05) is 18.2 Å². The standard InChI is InChI=1S/C12H15NO3/c1-9(7-13-14-2)5-10-3-4-11-12(6-10)16-8-15-11/h3-4,6-7,9H,5,8H2,1-2H3. The Kier molecular flexibility index (Phi) is 3.29. The molecule has 0 fully saturated rings. The molecule has 0 aliphatic carbocycles. The zero-order valence-electron chi connectivity index (χ0n) is 9.47. The van der Waals surface area contributed by atoms with Crippen molar-refractivity contribution in [3.63, 3.8) is 0 Å². The smallest absolute Gasteiger partial charge is 0.231 e. The third-order valence-electron chi connectivity index (χ3n) is 2.42. The molecule has 1 unspecified atom stereocenters. The molecule has 0 N–H and O–H groups in total. The lowest BCUT2D eigenvalue weighted by molar-refractivity contribution is 0.174. The molecule has 16 heavy (non-hydrogen) atoms. The number of hydrogen-bond donors (Lipinski definition) is 0. The van der Waals surface area contributed by atoms with Crippen LogP contribution in [0.2, 0.25) is 0 Å². The molecule has 1 aromatic carbocycles. The second-order valence-electron chi connectivity index (χ2n) is 3.81. The number of rotatable bonds is 4. The van der Waals surface area contributed by atoms with Gasteiger partial charge >= 0.3 is 0 Å². The first kappa shape index (κ1) is 10.8. The maximum atomic E-state index is 5.32. The summed E-state index contributed by atoms with van der Waals surface area (Å²) in [5, 5.41) is 3.76. The molecule has 0 spiro atoms. The Labute approximate surface area is 94.8 Å². The van der Waals surface area contributed by atoms with Crippen molar-refractivity contribution in [2.75, 3.05) is 13.9 Å². The van der Waals surface area contributed by atoms with Crippen molar-refractivity contribution >= 4 is 6.21 Å². The largest absolute Gasteiger partial charge is 0.454 e. The predicted octanol–water partition coefficient (Wildman–Crippen LogP) is 2.23. The van der Waals surface area contributed by atoms with Gasteiger partial charge in [-0.2, -0.15) is 0 Å². The van der Waals surface area contributed by atoms with Crippen LogP contribution in [0.3, 0.4) is 0 Å². The van der Waals surface area contributed by atoms with Crippen LogP contribution in [0.5, 0.6) is 11.5 Å². The maximum absolute atomic E-state index is 5.32. The van der Waals surface area contributed by atoms with Crippen LogP contribution in [0.1, 0.15) is 12.5 Å². The number of hydrogen-bond acceptors (Lipinski definition) is 4. The summed E-state index contributed by atoms with van der Waals surface area (Å²) in [5.41, 5.74) is 1.21. The molecule has 4 nitrogen and oxygen atoms in total. The van der Waals surface area contributed by atoms with Crippen molar-refractivity contribution in [1.82, 2.24) is 0 Å². The maximum Gasteiger partial charge on any atom is 0.231 e. The van der Waals surface area contributed by atoms with E-state index < -0.39 is 0 Å². The minimum Gasteiger partial charge on any atom is -0.454 e. The number of nitrogens with zero attached hydrogens (tertiary/aromatic N) is 1. The molecule has 2 rings (SSSR count). The summed E-state index contributed by atoms with van der Waals surface area (Å²) in [6.45, 7) is 2.41. The Morgan fingerprint density at radius 3 is 3.06 bits per heavy atom. The molecule has 0 saturated heterocycles.